The van der Waals surface area contributed by atoms with Crippen LogP contribution in [0, 0.1) is 17.2 Å². The first kappa shape index (κ1) is 16.3. The van der Waals surface area contributed by atoms with Crippen LogP contribution in [0.25, 0.3) is 0 Å². The molecule has 0 radical (unpaired) electrons. The van der Waals surface area contributed by atoms with Crippen LogP contribution < -0.4 is 9.47 Å². The van der Waals surface area contributed by atoms with Crippen LogP contribution in [0.1, 0.15) is 43.9 Å². The first-order valence-corrected chi connectivity index (χ1v) is 8.59. The number of ether oxygens (including phenoxy) is 2. The van der Waals surface area contributed by atoms with Gasteiger partial charge in [-0.2, -0.15) is 0 Å². The molecule has 3 rings (SSSR count). The number of methoxy groups -OCH3 is 2. The van der Waals surface area contributed by atoms with Crippen molar-refractivity contribution in [2.24, 2.45) is 11.8 Å². The van der Waals surface area contributed by atoms with Crippen molar-refractivity contribution in [3.8, 4) is 11.5 Å². The number of hydrogen-bond donors (Lipinski definition) is 1. The summed E-state index contributed by atoms with van der Waals surface area (Å²) in [5, 5.41) is 8.50. The van der Waals surface area contributed by atoms with Crippen LogP contribution in [0.3, 0.4) is 0 Å². The predicted molar refractivity (Wildman–Crippen MR) is 92.9 cm³/mol. The van der Waals surface area contributed by atoms with E-state index in [0.29, 0.717) is 17.9 Å². The van der Waals surface area contributed by atoms with Crippen molar-refractivity contribution < 1.29 is 9.47 Å². The number of rotatable bonds is 4. The minimum absolute atomic E-state index is 0.328. The second-order valence-electron chi connectivity index (χ2n) is 7.22. The van der Waals surface area contributed by atoms with Gasteiger partial charge in [0, 0.05) is 37.2 Å². The normalized spacial score (nSPS) is 24.3. The number of benzene rings is 1. The standard InChI is InChI=1S/C19H28N2O2/c1-12(2)7-14-11-21-6-5-13-8-18(22-3)19(23-4)9-15(13)17(21)10-16(14)20/h8-9,12,14,17,20H,5-7,10-11H2,1-4H3/t14-,17-/m0/s1. The van der Waals surface area contributed by atoms with Crippen LogP contribution in [0.15, 0.2) is 12.1 Å². The highest BCUT2D eigenvalue weighted by Crippen LogP contribution is 2.42. The van der Waals surface area contributed by atoms with Gasteiger partial charge in [-0.1, -0.05) is 13.8 Å². The first-order valence-electron chi connectivity index (χ1n) is 8.59. The molecule has 1 aromatic rings. The van der Waals surface area contributed by atoms with Gasteiger partial charge in [-0.25, -0.2) is 0 Å². The molecule has 2 aliphatic rings. The summed E-state index contributed by atoms with van der Waals surface area (Å²) in [6.45, 7) is 6.61. The smallest absolute Gasteiger partial charge is 0.161 e. The van der Waals surface area contributed by atoms with E-state index in [1.165, 1.54) is 11.1 Å². The van der Waals surface area contributed by atoms with Crippen molar-refractivity contribution >= 4 is 5.71 Å². The molecule has 0 spiro atoms. The number of piperidine rings is 1. The van der Waals surface area contributed by atoms with Crippen molar-refractivity contribution in [3.63, 3.8) is 0 Å². The fourth-order valence-corrected chi connectivity index (χ4v) is 4.09. The molecular formula is C19H28N2O2. The minimum atomic E-state index is 0.328. The number of nitrogens with one attached hydrogen (secondary N) is 1. The van der Waals surface area contributed by atoms with Crippen molar-refractivity contribution in [2.45, 2.75) is 39.2 Å². The molecule has 0 aliphatic carbocycles. The maximum atomic E-state index is 8.50. The van der Waals surface area contributed by atoms with E-state index < -0.39 is 0 Å². The van der Waals surface area contributed by atoms with Crippen molar-refractivity contribution in [2.75, 3.05) is 27.3 Å². The van der Waals surface area contributed by atoms with Gasteiger partial charge < -0.3 is 14.9 Å². The lowest BCUT2D eigenvalue weighted by atomic mass is 9.79. The Bertz CT molecular complexity index is 597. The zero-order valence-electron chi connectivity index (χ0n) is 14.7. The quantitative estimate of drug-likeness (QED) is 0.921. The van der Waals surface area contributed by atoms with Gasteiger partial charge in [0.05, 0.1) is 14.2 Å². The molecule has 0 amide bonds. The second-order valence-corrected chi connectivity index (χ2v) is 7.22. The Morgan fingerprint density at radius 3 is 2.57 bits per heavy atom. The highest BCUT2D eigenvalue weighted by atomic mass is 16.5. The second kappa shape index (κ2) is 6.52. The topological polar surface area (TPSA) is 45.6 Å². The molecule has 4 nitrogen and oxygen atoms in total. The molecular weight excluding hydrogens is 288 g/mol. The third-order valence-corrected chi connectivity index (χ3v) is 5.23. The summed E-state index contributed by atoms with van der Waals surface area (Å²) in [7, 11) is 3.37. The predicted octanol–water partition coefficient (Wildman–Crippen LogP) is 3.69. The Kier molecular flexibility index (Phi) is 4.62. The molecule has 23 heavy (non-hydrogen) atoms. The highest BCUT2D eigenvalue weighted by Gasteiger charge is 2.36. The van der Waals surface area contributed by atoms with Crippen LogP contribution >= 0.6 is 0 Å². The van der Waals surface area contributed by atoms with Crippen molar-refractivity contribution in [3.05, 3.63) is 23.3 Å². The fourth-order valence-electron chi connectivity index (χ4n) is 4.09. The SMILES string of the molecule is COc1cc2c(cc1OC)[C@@H]1CC(=N)[C@@H](CC(C)C)CN1CC2. The summed E-state index contributed by atoms with van der Waals surface area (Å²) in [6.07, 6.45) is 3.02. The largest absolute Gasteiger partial charge is 0.493 e. The van der Waals surface area contributed by atoms with E-state index in [-0.39, 0.29) is 0 Å². The Hall–Kier alpha value is -1.55. The molecule has 126 valence electrons. The van der Waals surface area contributed by atoms with Gasteiger partial charge in [-0.3, -0.25) is 4.90 Å². The average molecular weight is 316 g/mol. The number of nitrogens with zero attached hydrogens (tertiary/aromatic N) is 1. The zero-order valence-corrected chi connectivity index (χ0v) is 14.7. The van der Waals surface area contributed by atoms with Crippen LogP contribution in [0.5, 0.6) is 11.5 Å². The van der Waals surface area contributed by atoms with E-state index in [0.717, 1.165) is 49.6 Å². The summed E-state index contributed by atoms with van der Waals surface area (Å²) in [4.78, 5) is 2.57. The summed E-state index contributed by atoms with van der Waals surface area (Å²) in [5.41, 5.74) is 3.59. The van der Waals surface area contributed by atoms with Crippen LogP contribution in [0.4, 0.5) is 0 Å². The third-order valence-electron chi connectivity index (χ3n) is 5.23. The highest BCUT2D eigenvalue weighted by molar-refractivity contribution is 5.85. The summed E-state index contributed by atoms with van der Waals surface area (Å²) >= 11 is 0. The van der Waals surface area contributed by atoms with E-state index >= 15 is 0 Å². The van der Waals surface area contributed by atoms with Gasteiger partial charge in [0.2, 0.25) is 0 Å². The zero-order chi connectivity index (χ0) is 16.6. The van der Waals surface area contributed by atoms with E-state index in [2.05, 4.69) is 30.9 Å². The summed E-state index contributed by atoms with van der Waals surface area (Å²) < 4.78 is 10.9. The van der Waals surface area contributed by atoms with Gasteiger partial charge in [0.25, 0.3) is 0 Å². The first-order chi connectivity index (χ1) is 11.0. The monoisotopic (exact) mass is 316 g/mol. The molecule has 1 aromatic carbocycles. The Balaban J connectivity index is 1.89. The average Bonchev–Trinajstić information content (AvgIpc) is 2.53. The summed E-state index contributed by atoms with van der Waals surface area (Å²) in [5.74, 6) is 2.68. The lowest BCUT2D eigenvalue weighted by Gasteiger charge is -2.44. The molecule has 1 N–H and O–H groups in total. The van der Waals surface area contributed by atoms with Crippen LogP contribution in [-0.2, 0) is 6.42 Å². The molecule has 0 bridgehead atoms. The molecule has 1 fully saturated rings. The molecule has 2 aliphatic heterocycles. The summed E-state index contributed by atoms with van der Waals surface area (Å²) in [6, 6.07) is 4.57. The third kappa shape index (κ3) is 3.09. The van der Waals surface area contributed by atoms with Gasteiger partial charge >= 0.3 is 0 Å². The molecule has 0 unspecified atom stereocenters. The Morgan fingerprint density at radius 2 is 1.91 bits per heavy atom. The van der Waals surface area contributed by atoms with Crippen molar-refractivity contribution in [1.29, 1.82) is 5.41 Å². The molecule has 4 heteroatoms. The van der Waals surface area contributed by atoms with Gasteiger partial charge in [0.1, 0.15) is 0 Å². The lowest BCUT2D eigenvalue weighted by molar-refractivity contribution is 0.147. The Labute approximate surface area is 139 Å². The molecule has 2 heterocycles. The minimum Gasteiger partial charge on any atom is -0.493 e. The fraction of sp³-hybridized carbons (Fsp3) is 0.632. The van der Waals surface area contributed by atoms with E-state index in [9.17, 15) is 0 Å². The van der Waals surface area contributed by atoms with Crippen LogP contribution in [0.2, 0.25) is 0 Å². The molecule has 1 saturated heterocycles. The Morgan fingerprint density at radius 1 is 1.22 bits per heavy atom. The molecule has 0 saturated carbocycles. The van der Waals surface area contributed by atoms with E-state index in [1.807, 2.05) is 0 Å². The lowest BCUT2D eigenvalue weighted by Crippen LogP contribution is -2.46. The maximum absolute atomic E-state index is 8.50. The maximum Gasteiger partial charge on any atom is 0.161 e. The van der Waals surface area contributed by atoms with Crippen LogP contribution in [-0.4, -0.2) is 37.9 Å². The van der Waals surface area contributed by atoms with Gasteiger partial charge in [0.15, 0.2) is 11.5 Å². The van der Waals surface area contributed by atoms with Gasteiger partial charge in [-0.05, 0) is 42.0 Å². The number of fused-ring (bicyclic) bond motifs is 3. The molecule has 0 aromatic heterocycles. The van der Waals surface area contributed by atoms with E-state index in [4.69, 9.17) is 14.9 Å². The molecule has 2 atom stereocenters. The van der Waals surface area contributed by atoms with Crippen molar-refractivity contribution in [1.82, 2.24) is 4.90 Å². The van der Waals surface area contributed by atoms with E-state index in [1.54, 1.807) is 14.2 Å². The van der Waals surface area contributed by atoms with Gasteiger partial charge in [-0.15, -0.1) is 0 Å². The number of hydrogen-bond acceptors (Lipinski definition) is 4.